The highest BCUT2D eigenvalue weighted by Gasteiger charge is 2.19. The van der Waals surface area contributed by atoms with Crippen LogP contribution in [-0.4, -0.2) is 24.2 Å². The Morgan fingerprint density at radius 1 is 1.31 bits per heavy atom. The van der Waals surface area contributed by atoms with E-state index in [9.17, 15) is 0 Å². The summed E-state index contributed by atoms with van der Waals surface area (Å²) in [5.74, 6) is 0. The van der Waals surface area contributed by atoms with E-state index < -0.39 is 0 Å². The van der Waals surface area contributed by atoms with Crippen LogP contribution in [0.5, 0.6) is 0 Å². The number of nitrogens with zero attached hydrogens (tertiary/aromatic N) is 1. The van der Waals surface area contributed by atoms with E-state index in [2.05, 4.69) is 41.4 Å². The Morgan fingerprint density at radius 3 is 3.12 bits per heavy atom. The Balaban J connectivity index is 1.68. The van der Waals surface area contributed by atoms with Gasteiger partial charge in [0, 0.05) is 25.9 Å². The highest BCUT2D eigenvalue weighted by molar-refractivity contribution is 5.55. The molecule has 0 aromatic heterocycles. The third-order valence-corrected chi connectivity index (χ3v) is 3.36. The fourth-order valence-electron chi connectivity index (χ4n) is 2.47. The van der Waals surface area contributed by atoms with E-state index in [1.54, 1.807) is 0 Å². The molecule has 84 valence electrons. The lowest BCUT2D eigenvalue weighted by Crippen LogP contribution is -2.29. The second-order valence-electron chi connectivity index (χ2n) is 4.58. The van der Waals surface area contributed by atoms with Crippen LogP contribution in [0.3, 0.4) is 0 Å². The van der Waals surface area contributed by atoms with Crippen LogP contribution in [0.15, 0.2) is 30.5 Å². The van der Waals surface area contributed by atoms with Crippen molar-refractivity contribution in [1.82, 2.24) is 4.90 Å². The topological polar surface area (TPSA) is 12.5 Å². The van der Waals surface area contributed by atoms with Crippen molar-refractivity contribution >= 4 is 6.08 Å². The van der Waals surface area contributed by atoms with E-state index in [0.717, 1.165) is 19.7 Å². The molecule has 2 nitrogen and oxygen atoms in total. The molecular weight excluding hydrogens is 198 g/mol. The first-order chi connectivity index (χ1) is 7.92. The van der Waals surface area contributed by atoms with Crippen LogP contribution >= 0.6 is 0 Å². The van der Waals surface area contributed by atoms with Gasteiger partial charge in [0.15, 0.2) is 0 Å². The second kappa shape index (κ2) is 4.30. The summed E-state index contributed by atoms with van der Waals surface area (Å²) in [7, 11) is 0. The normalized spacial score (nSPS) is 23.5. The predicted octanol–water partition coefficient (Wildman–Crippen LogP) is 2.65. The van der Waals surface area contributed by atoms with Gasteiger partial charge in [0.1, 0.15) is 0 Å². The molecule has 1 aromatic rings. The van der Waals surface area contributed by atoms with Crippen molar-refractivity contribution < 1.29 is 4.74 Å². The molecule has 0 bridgehead atoms. The summed E-state index contributed by atoms with van der Waals surface area (Å²) in [4.78, 5) is 2.36. The van der Waals surface area contributed by atoms with Gasteiger partial charge in [-0.05, 0) is 30.0 Å². The van der Waals surface area contributed by atoms with Crippen LogP contribution in [0.25, 0.3) is 6.08 Å². The number of hydrogen-bond acceptors (Lipinski definition) is 2. The molecule has 1 atom stereocenters. The van der Waals surface area contributed by atoms with Crippen molar-refractivity contribution in [2.75, 3.05) is 13.2 Å². The average molecular weight is 215 g/mol. The van der Waals surface area contributed by atoms with E-state index in [1.807, 2.05) is 0 Å². The van der Waals surface area contributed by atoms with E-state index in [0.29, 0.717) is 6.10 Å². The molecule has 2 heterocycles. The quantitative estimate of drug-likeness (QED) is 0.752. The van der Waals surface area contributed by atoms with Gasteiger partial charge in [-0.1, -0.05) is 24.3 Å². The number of hydrogen-bond donors (Lipinski definition) is 0. The second-order valence-corrected chi connectivity index (χ2v) is 4.58. The third-order valence-electron chi connectivity index (χ3n) is 3.36. The summed E-state index contributed by atoms with van der Waals surface area (Å²) in [6.45, 7) is 3.00. The van der Waals surface area contributed by atoms with Gasteiger partial charge in [0.2, 0.25) is 0 Å². The van der Waals surface area contributed by atoms with Crippen molar-refractivity contribution in [2.24, 2.45) is 0 Å². The lowest BCUT2D eigenvalue weighted by atomic mass is 10.0. The molecule has 0 aliphatic carbocycles. The van der Waals surface area contributed by atoms with Crippen LogP contribution in [-0.2, 0) is 11.3 Å². The largest absolute Gasteiger partial charge is 0.376 e. The molecule has 1 unspecified atom stereocenters. The lowest BCUT2D eigenvalue weighted by molar-refractivity contribution is 0.0848. The van der Waals surface area contributed by atoms with Crippen LogP contribution in [0.1, 0.15) is 24.0 Å². The smallest absolute Gasteiger partial charge is 0.0750 e. The summed E-state index contributed by atoms with van der Waals surface area (Å²) in [6, 6.07) is 8.59. The SMILES string of the molecule is C1=CN(CC2CCCO2)Cc2ccccc21. The molecule has 0 N–H and O–H groups in total. The van der Waals surface area contributed by atoms with Crippen LogP contribution in [0.2, 0.25) is 0 Å². The van der Waals surface area contributed by atoms with Gasteiger partial charge in [-0.3, -0.25) is 0 Å². The van der Waals surface area contributed by atoms with Crippen LogP contribution in [0.4, 0.5) is 0 Å². The average Bonchev–Trinajstić information content (AvgIpc) is 2.82. The first-order valence-electron chi connectivity index (χ1n) is 6.03. The molecule has 3 rings (SSSR count). The molecule has 1 fully saturated rings. The molecule has 0 amide bonds. The molecule has 0 saturated carbocycles. The maximum absolute atomic E-state index is 5.67. The molecule has 0 spiro atoms. The zero-order chi connectivity index (χ0) is 10.8. The van der Waals surface area contributed by atoms with Gasteiger partial charge >= 0.3 is 0 Å². The molecule has 2 heteroatoms. The summed E-state index contributed by atoms with van der Waals surface area (Å²) in [5, 5.41) is 0. The molecule has 0 radical (unpaired) electrons. The van der Waals surface area contributed by atoms with E-state index in [4.69, 9.17) is 4.74 Å². The predicted molar refractivity (Wildman–Crippen MR) is 64.9 cm³/mol. The van der Waals surface area contributed by atoms with Crippen LogP contribution < -0.4 is 0 Å². The molecule has 1 aromatic carbocycles. The van der Waals surface area contributed by atoms with Crippen molar-refractivity contribution in [1.29, 1.82) is 0 Å². The van der Waals surface area contributed by atoms with Gasteiger partial charge in [0.05, 0.1) is 6.10 Å². The minimum atomic E-state index is 0.440. The number of fused-ring (bicyclic) bond motifs is 1. The molecule has 1 saturated heterocycles. The van der Waals surface area contributed by atoms with Gasteiger partial charge in [-0.15, -0.1) is 0 Å². The van der Waals surface area contributed by atoms with E-state index >= 15 is 0 Å². The highest BCUT2D eigenvalue weighted by Crippen LogP contribution is 2.21. The van der Waals surface area contributed by atoms with Crippen molar-refractivity contribution in [3.05, 3.63) is 41.6 Å². The maximum Gasteiger partial charge on any atom is 0.0750 e. The number of benzene rings is 1. The van der Waals surface area contributed by atoms with Crippen LogP contribution in [0, 0.1) is 0 Å². The Labute approximate surface area is 96.5 Å². The van der Waals surface area contributed by atoms with Gasteiger partial charge in [-0.25, -0.2) is 0 Å². The Morgan fingerprint density at radius 2 is 2.25 bits per heavy atom. The Kier molecular flexibility index (Phi) is 2.66. The molecule has 16 heavy (non-hydrogen) atoms. The van der Waals surface area contributed by atoms with Crippen molar-refractivity contribution in [2.45, 2.75) is 25.5 Å². The minimum Gasteiger partial charge on any atom is -0.376 e. The maximum atomic E-state index is 5.67. The van der Waals surface area contributed by atoms with Crippen molar-refractivity contribution in [3.63, 3.8) is 0 Å². The fraction of sp³-hybridized carbons (Fsp3) is 0.429. The summed E-state index contributed by atoms with van der Waals surface area (Å²) in [6.07, 6.45) is 7.28. The standard InChI is InChI=1S/C14H17NO/c1-2-5-13-10-15(8-7-12(13)4-1)11-14-6-3-9-16-14/h1-2,4-5,7-8,14H,3,6,9-11H2. The Hall–Kier alpha value is -1.28. The number of rotatable bonds is 2. The summed E-state index contributed by atoms with van der Waals surface area (Å²) >= 11 is 0. The summed E-state index contributed by atoms with van der Waals surface area (Å²) in [5.41, 5.74) is 2.77. The Bertz CT molecular complexity index is 393. The van der Waals surface area contributed by atoms with Gasteiger partial charge < -0.3 is 9.64 Å². The summed E-state index contributed by atoms with van der Waals surface area (Å²) < 4.78 is 5.67. The number of ether oxygens (including phenoxy) is 1. The molecular formula is C14H17NO. The first kappa shape index (κ1) is 9.91. The van der Waals surface area contributed by atoms with Crippen molar-refractivity contribution in [3.8, 4) is 0 Å². The molecule has 2 aliphatic rings. The van der Waals surface area contributed by atoms with Gasteiger partial charge in [0.25, 0.3) is 0 Å². The zero-order valence-electron chi connectivity index (χ0n) is 9.43. The minimum absolute atomic E-state index is 0.440. The zero-order valence-corrected chi connectivity index (χ0v) is 9.43. The highest BCUT2D eigenvalue weighted by atomic mass is 16.5. The van der Waals surface area contributed by atoms with Gasteiger partial charge in [-0.2, -0.15) is 0 Å². The monoisotopic (exact) mass is 215 g/mol. The molecule has 2 aliphatic heterocycles. The fourth-order valence-corrected chi connectivity index (χ4v) is 2.47. The van der Waals surface area contributed by atoms with E-state index in [1.165, 1.54) is 24.0 Å². The lowest BCUT2D eigenvalue weighted by Gasteiger charge is -2.27. The van der Waals surface area contributed by atoms with E-state index in [-0.39, 0.29) is 0 Å². The first-order valence-corrected chi connectivity index (χ1v) is 6.03. The third kappa shape index (κ3) is 1.98.